The first-order chi connectivity index (χ1) is 9.66. The number of benzene rings is 1. The Bertz CT molecular complexity index is 552. The summed E-state index contributed by atoms with van der Waals surface area (Å²) in [4.78, 5) is 15.6. The number of nitrogens with zero attached hydrogens (tertiary/aromatic N) is 2. The molecule has 106 valence electrons. The predicted molar refractivity (Wildman–Crippen MR) is 76.4 cm³/mol. The highest BCUT2D eigenvalue weighted by Gasteiger charge is 2.10. The summed E-state index contributed by atoms with van der Waals surface area (Å²) >= 11 is 0. The van der Waals surface area contributed by atoms with Crippen LogP contribution < -0.4 is 15.8 Å². The molecule has 6 heteroatoms. The van der Waals surface area contributed by atoms with E-state index >= 15 is 0 Å². The van der Waals surface area contributed by atoms with Crippen molar-refractivity contribution < 1.29 is 9.53 Å². The number of amides is 1. The molecule has 0 aliphatic carbocycles. The Kier molecular flexibility index (Phi) is 4.73. The van der Waals surface area contributed by atoms with Crippen LogP contribution >= 0.6 is 0 Å². The number of hydrogen-bond acceptors (Lipinski definition) is 4. The van der Waals surface area contributed by atoms with Gasteiger partial charge in [-0.1, -0.05) is 12.1 Å². The van der Waals surface area contributed by atoms with E-state index < -0.39 is 6.04 Å². The molecule has 0 saturated carbocycles. The molecule has 1 unspecified atom stereocenters. The smallest absolute Gasteiger partial charge is 0.241 e. The van der Waals surface area contributed by atoms with Crippen molar-refractivity contribution in [1.82, 2.24) is 9.55 Å². The van der Waals surface area contributed by atoms with E-state index in [2.05, 4.69) is 10.3 Å². The third-order valence-corrected chi connectivity index (χ3v) is 2.72. The van der Waals surface area contributed by atoms with Gasteiger partial charge in [-0.2, -0.15) is 0 Å². The van der Waals surface area contributed by atoms with Gasteiger partial charge in [-0.25, -0.2) is 4.98 Å². The number of nitrogens with two attached hydrogens (primary N) is 1. The van der Waals surface area contributed by atoms with E-state index in [1.54, 1.807) is 25.5 Å². The first kappa shape index (κ1) is 14.1. The Morgan fingerprint density at radius 3 is 3.00 bits per heavy atom. The van der Waals surface area contributed by atoms with Gasteiger partial charge in [0, 0.05) is 12.4 Å². The molecule has 2 rings (SSSR count). The zero-order chi connectivity index (χ0) is 14.4. The highest BCUT2D eigenvalue weighted by atomic mass is 16.5. The Morgan fingerprint density at radius 1 is 1.50 bits per heavy atom. The molecule has 0 aliphatic heterocycles. The lowest BCUT2D eigenvalue weighted by molar-refractivity contribution is -0.117. The van der Waals surface area contributed by atoms with Crippen molar-refractivity contribution in [2.75, 3.05) is 11.9 Å². The van der Waals surface area contributed by atoms with Crippen LogP contribution in [0.5, 0.6) is 5.75 Å². The van der Waals surface area contributed by atoms with Gasteiger partial charge < -0.3 is 20.4 Å². The van der Waals surface area contributed by atoms with Gasteiger partial charge in [-0.3, -0.25) is 4.79 Å². The third-order valence-electron chi connectivity index (χ3n) is 2.72. The van der Waals surface area contributed by atoms with Gasteiger partial charge in [0.25, 0.3) is 0 Å². The first-order valence-corrected chi connectivity index (χ1v) is 6.41. The Labute approximate surface area is 117 Å². The normalized spacial score (nSPS) is 11.9. The number of hydrogen-bond donors (Lipinski definition) is 2. The SMILES string of the molecule is CC(N)C(=O)Nc1ccccc1OCCn1ccnc1. The highest BCUT2D eigenvalue weighted by Crippen LogP contribution is 2.23. The number of carbonyl (C=O) groups is 1. The molecule has 1 heterocycles. The summed E-state index contributed by atoms with van der Waals surface area (Å²) in [5.74, 6) is 0.386. The second-order valence-corrected chi connectivity index (χ2v) is 4.42. The van der Waals surface area contributed by atoms with Crippen LogP contribution in [0.25, 0.3) is 0 Å². The van der Waals surface area contributed by atoms with E-state index in [-0.39, 0.29) is 5.91 Å². The fourth-order valence-electron chi connectivity index (χ4n) is 1.62. The Morgan fingerprint density at radius 2 is 2.30 bits per heavy atom. The van der Waals surface area contributed by atoms with Gasteiger partial charge in [-0.05, 0) is 19.1 Å². The summed E-state index contributed by atoms with van der Waals surface area (Å²) in [5, 5.41) is 2.75. The maximum Gasteiger partial charge on any atom is 0.241 e. The molecule has 0 saturated heterocycles. The summed E-state index contributed by atoms with van der Waals surface area (Å²) < 4.78 is 7.61. The average molecular weight is 274 g/mol. The number of aromatic nitrogens is 2. The minimum Gasteiger partial charge on any atom is -0.490 e. The quantitative estimate of drug-likeness (QED) is 0.830. The lowest BCUT2D eigenvalue weighted by Gasteiger charge is -2.13. The molecule has 1 aromatic carbocycles. The molecule has 3 N–H and O–H groups in total. The molecule has 0 spiro atoms. The van der Waals surface area contributed by atoms with E-state index in [1.807, 2.05) is 29.0 Å². The summed E-state index contributed by atoms with van der Waals surface area (Å²) in [7, 11) is 0. The molecule has 2 aromatic rings. The van der Waals surface area contributed by atoms with Gasteiger partial charge in [0.2, 0.25) is 5.91 Å². The number of carbonyl (C=O) groups excluding carboxylic acids is 1. The summed E-state index contributed by atoms with van der Waals surface area (Å²) in [6.45, 7) is 2.81. The van der Waals surface area contributed by atoms with Crippen molar-refractivity contribution in [2.45, 2.75) is 19.5 Å². The highest BCUT2D eigenvalue weighted by molar-refractivity contribution is 5.95. The third kappa shape index (κ3) is 3.83. The van der Waals surface area contributed by atoms with Crippen molar-refractivity contribution in [1.29, 1.82) is 0 Å². The van der Waals surface area contributed by atoms with Crippen molar-refractivity contribution in [3.63, 3.8) is 0 Å². The monoisotopic (exact) mass is 274 g/mol. The number of anilines is 1. The van der Waals surface area contributed by atoms with E-state index in [0.29, 0.717) is 24.6 Å². The molecule has 1 atom stereocenters. The van der Waals surface area contributed by atoms with Crippen molar-refractivity contribution >= 4 is 11.6 Å². The molecular weight excluding hydrogens is 256 g/mol. The minimum atomic E-state index is -0.561. The van der Waals surface area contributed by atoms with Crippen LogP contribution in [0, 0.1) is 0 Å². The van der Waals surface area contributed by atoms with E-state index in [4.69, 9.17) is 10.5 Å². The summed E-state index contributed by atoms with van der Waals surface area (Å²) in [6, 6.07) is 6.72. The van der Waals surface area contributed by atoms with Gasteiger partial charge >= 0.3 is 0 Å². The molecular formula is C14H18N4O2. The maximum absolute atomic E-state index is 11.6. The number of imidazole rings is 1. The van der Waals surface area contributed by atoms with Gasteiger partial charge in [0.15, 0.2) is 0 Å². The molecule has 0 aliphatic rings. The number of para-hydroxylation sites is 2. The standard InChI is InChI=1S/C14H18N4O2/c1-11(15)14(19)17-12-4-2-3-5-13(12)20-9-8-18-7-6-16-10-18/h2-7,10-11H,8-9,15H2,1H3,(H,17,19). The van der Waals surface area contributed by atoms with E-state index in [1.165, 1.54) is 0 Å². The topological polar surface area (TPSA) is 82.2 Å². The molecule has 1 aromatic heterocycles. The van der Waals surface area contributed by atoms with E-state index in [0.717, 1.165) is 0 Å². The van der Waals surface area contributed by atoms with Crippen LogP contribution in [-0.4, -0.2) is 28.1 Å². The maximum atomic E-state index is 11.6. The second-order valence-electron chi connectivity index (χ2n) is 4.42. The van der Waals surface area contributed by atoms with Crippen LogP contribution in [0.1, 0.15) is 6.92 Å². The van der Waals surface area contributed by atoms with Crippen LogP contribution in [-0.2, 0) is 11.3 Å². The van der Waals surface area contributed by atoms with Crippen molar-refractivity contribution in [3.05, 3.63) is 43.0 Å². The number of rotatable bonds is 6. The first-order valence-electron chi connectivity index (χ1n) is 6.41. The molecule has 20 heavy (non-hydrogen) atoms. The second kappa shape index (κ2) is 6.72. The van der Waals surface area contributed by atoms with Gasteiger partial charge in [-0.15, -0.1) is 0 Å². The summed E-state index contributed by atoms with van der Waals surface area (Å²) in [6.07, 6.45) is 5.32. The zero-order valence-corrected chi connectivity index (χ0v) is 11.3. The predicted octanol–water partition coefficient (Wildman–Crippen LogP) is 1.25. The molecule has 6 nitrogen and oxygen atoms in total. The molecule has 0 bridgehead atoms. The molecule has 0 radical (unpaired) electrons. The minimum absolute atomic E-state index is 0.240. The Balaban J connectivity index is 1.95. The van der Waals surface area contributed by atoms with Crippen molar-refractivity contribution in [2.24, 2.45) is 5.73 Å². The van der Waals surface area contributed by atoms with Crippen LogP contribution in [0.15, 0.2) is 43.0 Å². The molecule has 0 fully saturated rings. The van der Waals surface area contributed by atoms with Crippen LogP contribution in [0.2, 0.25) is 0 Å². The van der Waals surface area contributed by atoms with Crippen molar-refractivity contribution in [3.8, 4) is 5.75 Å². The average Bonchev–Trinajstić information content (AvgIpc) is 2.93. The Hall–Kier alpha value is -2.34. The van der Waals surface area contributed by atoms with Gasteiger partial charge in [0.05, 0.1) is 24.6 Å². The van der Waals surface area contributed by atoms with Gasteiger partial charge in [0.1, 0.15) is 12.4 Å². The largest absolute Gasteiger partial charge is 0.490 e. The van der Waals surface area contributed by atoms with Crippen LogP contribution in [0.3, 0.4) is 0 Å². The zero-order valence-electron chi connectivity index (χ0n) is 11.3. The molecule has 1 amide bonds. The fraction of sp³-hybridized carbons (Fsp3) is 0.286. The number of nitrogens with one attached hydrogen (secondary N) is 1. The summed E-state index contributed by atoms with van der Waals surface area (Å²) in [5.41, 5.74) is 6.16. The lowest BCUT2D eigenvalue weighted by atomic mass is 10.2. The van der Waals surface area contributed by atoms with Crippen LogP contribution in [0.4, 0.5) is 5.69 Å². The van der Waals surface area contributed by atoms with E-state index in [9.17, 15) is 4.79 Å². The lowest BCUT2D eigenvalue weighted by Crippen LogP contribution is -2.32. The number of ether oxygens (including phenoxy) is 1. The fourth-order valence-corrected chi connectivity index (χ4v) is 1.62.